The van der Waals surface area contributed by atoms with E-state index in [-0.39, 0.29) is 6.17 Å². The van der Waals surface area contributed by atoms with E-state index in [0.29, 0.717) is 0 Å². The topological polar surface area (TPSA) is 24.9 Å². The zero-order valence-electron chi connectivity index (χ0n) is 15.0. The first-order chi connectivity index (χ1) is 12.8. The highest BCUT2D eigenvalue weighted by Crippen LogP contribution is 2.40. The predicted octanol–water partition coefficient (Wildman–Crippen LogP) is 4.79. The quantitative estimate of drug-likeness (QED) is 0.648. The third-order valence-electron chi connectivity index (χ3n) is 4.78. The van der Waals surface area contributed by atoms with Gasteiger partial charge in [0.2, 0.25) is 0 Å². The van der Waals surface area contributed by atoms with Gasteiger partial charge < -0.3 is 19.3 Å². The molecule has 0 bridgehead atoms. The Kier molecular flexibility index (Phi) is 4.71. The van der Waals surface area contributed by atoms with Crippen molar-refractivity contribution in [1.82, 2.24) is 0 Å². The average Bonchev–Trinajstić information content (AvgIpc) is 3.37. The zero-order valence-corrected chi connectivity index (χ0v) is 15.8. The molecule has 4 rings (SSSR count). The van der Waals surface area contributed by atoms with Crippen molar-refractivity contribution in [3.8, 4) is 11.5 Å². The fourth-order valence-corrected chi connectivity index (χ4v) is 4.31. The molecule has 0 unspecified atom stereocenters. The van der Waals surface area contributed by atoms with Crippen LogP contribution in [0.15, 0.2) is 66.0 Å². The number of anilines is 2. The summed E-state index contributed by atoms with van der Waals surface area (Å²) >= 11 is 1.80. The van der Waals surface area contributed by atoms with Crippen molar-refractivity contribution in [1.29, 1.82) is 0 Å². The third-order valence-corrected chi connectivity index (χ3v) is 5.69. The molecule has 0 aliphatic carbocycles. The van der Waals surface area contributed by atoms with Crippen LogP contribution in [0, 0.1) is 0 Å². The molecule has 0 N–H and O–H groups in total. The molecule has 1 fully saturated rings. The van der Waals surface area contributed by atoms with E-state index in [0.717, 1.165) is 24.6 Å². The van der Waals surface area contributed by atoms with Crippen LogP contribution in [0.4, 0.5) is 11.4 Å². The van der Waals surface area contributed by atoms with Crippen molar-refractivity contribution in [2.75, 3.05) is 37.1 Å². The van der Waals surface area contributed by atoms with Crippen molar-refractivity contribution in [3.63, 3.8) is 0 Å². The van der Waals surface area contributed by atoms with E-state index >= 15 is 0 Å². The van der Waals surface area contributed by atoms with Crippen molar-refractivity contribution in [2.24, 2.45) is 0 Å². The van der Waals surface area contributed by atoms with Crippen molar-refractivity contribution in [2.45, 2.75) is 6.17 Å². The molecular formula is C21H22N2O2S. The summed E-state index contributed by atoms with van der Waals surface area (Å²) in [4.78, 5) is 6.25. The summed E-state index contributed by atoms with van der Waals surface area (Å²) < 4.78 is 10.6. The summed E-state index contributed by atoms with van der Waals surface area (Å²) in [6, 6.07) is 21.0. The van der Waals surface area contributed by atoms with Gasteiger partial charge in [0.15, 0.2) is 0 Å². The smallest absolute Gasteiger partial charge is 0.138 e. The van der Waals surface area contributed by atoms with Crippen LogP contribution in [0.5, 0.6) is 11.5 Å². The lowest BCUT2D eigenvalue weighted by Crippen LogP contribution is -2.30. The molecule has 0 radical (unpaired) electrons. The predicted molar refractivity (Wildman–Crippen MR) is 108 cm³/mol. The third kappa shape index (κ3) is 3.10. The Bertz CT molecular complexity index is 776. The van der Waals surface area contributed by atoms with Gasteiger partial charge >= 0.3 is 0 Å². The Labute approximate surface area is 158 Å². The van der Waals surface area contributed by atoms with Crippen LogP contribution in [0.3, 0.4) is 0 Å². The normalized spacial score (nSPS) is 14.7. The van der Waals surface area contributed by atoms with Crippen molar-refractivity contribution >= 4 is 22.7 Å². The Hall–Kier alpha value is -2.66. The molecule has 5 heteroatoms. The second-order valence-electron chi connectivity index (χ2n) is 6.17. The maximum Gasteiger partial charge on any atom is 0.138 e. The summed E-state index contributed by atoms with van der Waals surface area (Å²) in [6.45, 7) is 1.95. The number of nitrogens with zero attached hydrogens (tertiary/aromatic N) is 2. The van der Waals surface area contributed by atoms with Crippen LogP contribution in [0.2, 0.25) is 0 Å². The van der Waals surface area contributed by atoms with E-state index in [9.17, 15) is 0 Å². The van der Waals surface area contributed by atoms with Gasteiger partial charge in [0.1, 0.15) is 17.7 Å². The molecule has 1 saturated heterocycles. The van der Waals surface area contributed by atoms with Crippen LogP contribution in [0.25, 0.3) is 0 Å². The van der Waals surface area contributed by atoms with Crippen LogP contribution in [-0.2, 0) is 0 Å². The molecule has 26 heavy (non-hydrogen) atoms. The fraction of sp³-hybridized carbons (Fsp3) is 0.238. The van der Waals surface area contributed by atoms with Gasteiger partial charge in [-0.3, -0.25) is 0 Å². The lowest BCUT2D eigenvalue weighted by Gasteiger charge is -2.32. The molecule has 2 heterocycles. The summed E-state index contributed by atoms with van der Waals surface area (Å²) in [6.07, 6.45) is 0.191. The number of thiophene rings is 1. The SMILES string of the molecule is COc1ccc(N2CCN(c3ccc(OC)cc3)C2c2cccs2)cc1. The highest BCUT2D eigenvalue weighted by Gasteiger charge is 2.34. The van der Waals surface area contributed by atoms with Gasteiger partial charge in [0, 0.05) is 29.3 Å². The van der Waals surface area contributed by atoms with Gasteiger partial charge in [-0.1, -0.05) is 6.07 Å². The Morgan fingerprint density at radius 2 is 1.27 bits per heavy atom. The number of benzene rings is 2. The largest absolute Gasteiger partial charge is 0.497 e. The van der Waals surface area contributed by atoms with Gasteiger partial charge in [0.05, 0.1) is 14.2 Å². The molecule has 0 spiro atoms. The fourth-order valence-electron chi connectivity index (χ4n) is 3.46. The van der Waals surface area contributed by atoms with Crippen molar-refractivity contribution in [3.05, 3.63) is 70.9 Å². The van der Waals surface area contributed by atoms with Crippen LogP contribution in [0.1, 0.15) is 11.0 Å². The number of rotatable bonds is 5. The maximum absolute atomic E-state index is 5.30. The minimum atomic E-state index is 0.191. The molecule has 1 aliphatic rings. The summed E-state index contributed by atoms with van der Waals surface area (Å²) in [5.74, 6) is 1.76. The summed E-state index contributed by atoms with van der Waals surface area (Å²) in [5.41, 5.74) is 2.42. The highest BCUT2D eigenvalue weighted by molar-refractivity contribution is 7.10. The van der Waals surface area contributed by atoms with Gasteiger partial charge in [-0.25, -0.2) is 0 Å². The van der Waals surface area contributed by atoms with Crippen molar-refractivity contribution < 1.29 is 9.47 Å². The molecule has 0 amide bonds. The number of hydrogen-bond acceptors (Lipinski definition) is 5. The van der Waals surface area contributed by atoms with E-state index < -0.39 is 0 Å². The average molecular weight is 366 g/mol. The first-order valence-corrected chi connectivity index (χ1v) is 9.53. The minimum Gasteiger partial charge on any atom is -0.497 e. The maximum atomic E-state index is 5.30. The summed E-state index contributed by atoms with van der Waals surface area (Å²) in [7, 11) is 3.40. The molecular weight excluding hydrogens is 344 g/mol. The second kappa shape index (κ2) is 7.30. The monoisotopic (exact) mass is 366 g/mol. The molecule has 0 saturated carbocycles. The van der Waals surface area contributed by atoms with E-state index in [2.05, 4.69) is 51.6 Å². The first kappa shape index (κ1) is 16.8. The summed E-state index contributed by atoms with van der Waals surface area (Å²) in [5, 5.41) is 2.14. The zero-order chi connectivity index (χ0) is 17.9. The standard InChI is InChI=1S/C21H22N2O2S/c1-24-18-9-5-16(6-10-18)22-13-14-23(21(22)20-4-3-15-26-20)17-7-11-19(25-2)12-8-17/h3-12,15,21H,13-14H2,1-2H3. The Morgan fingerprint density at radius 1 is 0.769 bits per heavy atom. The van der Waals surface area contributed by atoms with E-state index in [1.54, 1.807) is 25.6 Å². The minimum absolute atomic E-state index is 0.191. The molecule has 1 aromatic heterocycles. The van der Waals surface area contributed by atoms with E-state index in [1.165, 1.54) is 16.3 Å². The van der Waals surface area contributed by atoms with Crippen LogP contribution < -0.4 is 19.3 Å². The van der Waals surface area contributed by atoms with Gasteiger partial charge in [0.25, 0.3) is 0 Å². The first-order valence-electron chi connectivity index (χ1n) is 8.65. The lowest BCUT2D eigenvalue weighted by atomic mass is 10.2. The molecule has 1 aliphatic heterocycles. The Morgan fingerprint density at radius 3 is 1.65 bits per heavy atom. The molecule has 3 aromatic rings. The van der Waals surface area contributed by atoms with Crippen LogP contribution in [-0.4, -0.2) is 27.3 Å². The second-order valence-corrected chi connectivity index (χ2v) is 7.15. The van der Waals surface area contributed by atoms with Crippen LogP contribution >= 0.6 is 11.3 Å². The number of hydrogen-bond donors (Lipinski definition) is 0. The number of ether oxygens (including phenoxy) is 2. The van der Waals surface area contributed by atoms with Gasteiger partial charge in [-0.2, -0.15) is 0 Å². The van der Waals surface area contributed by atoms with Gasteiger partial charge in [-0.05, 0) is 60.0 Å². The molecule has 0 atom stereocenters. The Balaban J connectivity index is 1.68. The van der Waals surface area contributed by atoms with Gasteiger partial charge in [-0.15, -0.1) is 11.3 Å². The number of methoxy groups -OCH3 is 2. The van der Waals surface area contributed by atoms with E-state index in [4.69, 9.17) is 9.47 Å². The molecule has 4 nitrogen and oxygen atoms in total. The highest BCUT2D eigenvalue weighted by atomic mass is 32.1. The molecule has 2 aromatic carbocycles. The molecule has 134 valence electrons. The van der Waals surface area contributed by atoms with E-state index in [1.807, 2.05) is 24.3 Å². The lowest BCUT2D eigenvalue weighted by molar-refractivity contribution is 0.414.